The lowest BCUT2D eigenvalue weighted by Gasteiger charge is -2.40. The Morgan fingerprint density at radius 2 is 1.69 bits per heavy atom. The quantitative estimate of drug-likeness (QED) is 0.710. The van der Waals surface area contributed by atoms with Gasteiger partial charge in [-0.05, 0) is 24.7 Å². The summed E-state index contributed by atoms with van der Waals surface area (Å²) in [7, 11) is 5.60. The fourth-order valence-corrected chi connectivity index (χ4v) is 2.86. The number of urea groups is 1. The molecule has 1 aliphatic carbocycles. The topological polar surface area (TPSA) is 23.6 Å². The highest BCUT2D eigenvalue weighted by Gasteiger charge is 2.32. The van der Waals surface area contributed by atoms with E-state index >= 15 is 0 Å². The Kier molecular flexibility index (Phi) is 4.63. The minimum absolute atomic E-state index is 0.137. The van der Waals surface area contributed by atoms with Gasteiger partial charge in [-0.2, -0.15) is 0 Å². The van der Waals surface area contributed by atoms with Gasteiger partial charge in [-0.25, -0.2) is 4.79 Å². The molecule has 2 atom stereocenters. The number of hydrogen-bond donors (Lipinski definition) is 0. The minimum Gasteiger partial charge on any atom is -0.331 e. The van der Waals surface area contributed by atoms with E-state index in [1.54, 1.807) is 4.90 Å². The maximum Gasteiger partial charge on any atom is 0.319 e. The van der Waals surface area contributed by atoms with Crippen molar-refractivity contribution in [2.45, 2.75) is 45.6 Å². The van der Waals surface area contributed by atoms with E-state index in [4.69, 9.17) is 0 Å². The highest BCUT2D eigenvalue weighted by molar-refractivity contribution is 5.73. The van der Waals surface area contributed by atoms with Gasteiger partial charge in [0.05, 0.1) is 0 Å². The maximum absolute atomic E-state index is 12.0. The molecule has 1 aliphatic rings. The molecule has 94 valence electrons. The number of rotatable bonds is 2. The predicted molar refractivity (Wildman–Crippen MR) is 67.4 cm³/mol. The first kappa shape index (κ1) is 13.3. The van der Waals surface area contributed by atoms with Gasteiger partial charge in [0.1, 0.15) is 0 Å². The molecule has 1 rings (SSSR count). The predicted octanol–water partition coefficient (Wildman–Crippen LogP) is 2.81. The van der Waals surface area contributed by atoms with E-state index in [1.165, 1.54) is 25.7 Å². The average molecular weight is 226 g/mol. The third-order valence-corrected chi connectivity index (χ3v) is 3.82. The molecule has 0 aromatic heterocycles. The summed E-state index contributed by atoms with van der Waals surface area (Å²) < 4.78 is 0. The molecule has 0 heterocycles. The number of amides is 2. The molecule has 3 heteroatoms. The highest BCUT2D eigenvalue weighted by atomic mass is 16.2. The van der Waals surface area contributed by atoms with Crippen LogP contribution in [0.1, 0.15) is 39.5 Å². The van der Waals surface area contributed by atoms with Crippen molar-refractivity contribution in [3.63, 3.8) is 0 Å². The molecule has 0 aliphatic heterocycles. The summed E-state index contributed by atoms with van der Waals surface area (Å²) in [5.41, 5.74) is 0. The van der Waals surface area contributed by atoms with Crippen LogP contribution in [0.5, 0.6) is 0 Å². The van der Waals surface area contributed by atoms with Crippen LogP contribution in [0.25, 0.3) is 0 Å². The van der Waals surface area contributed by atoms with E-state index in [0.717, 1.165) is 0 Å². The van der Waals surface area contributed by atoms with Crippen molar-refractivity contribution in [1.29, 1.82) is 0 Å². The van der Waals surface area contributed by atoms with Crippen LogP contribution in [0.2, 0.25) is 0 Å². The fraction of sp³-hybridized carbons (Fsp3) is 0.923. The van der Waals surface area contributed by atoms with Gasteiger partial charge in [0.2, 0.25) is 0 Å². The van der Waals surface area contributed by atoms with Crippen molar-refractivity contribution in [3.8, 4) is 0 Å². The second kappa shape index (κ2) is 5.55. The van der Waals surface area contributed by atoms with Gasteiger partial charge in [0, 0.05) is 27.2 Å². The lowest BCUT2D eigenvalue weighted by atomic mass is 9.77. The van der Waals surface area contributed by atoms with Gasteiger partial charge in [0.25, 0.3) is 0 Å². The normalized spacial score (nSPS) is 25.6. The van der Waals surface area contributed by atoms with Crippen molar-refractivity contribution in [1.82, 2.24) is 9.80 Å². The summed E-state index contributed by atoms with van der Waals surface area (Å²) in [6.45, 7) is 4.55. The van der Waals surface area contributed by atoms with Crippen molar-refractivity contribution in [2.75, 3.05) is 21.1 Å². The monoisotopic (exact) mass is 226 g/mol. The lowest BCUT2D eigenvalue weighted by molar-refractivity contribution is 0.101. The number of hydrogen-bond acceptors (Lipinski definition) is 1. The zero-order valence-corrected chi connectivity index (χ0v) is 11.4. The van der Waals surface area contributed by atoms with Gasteiger partial charge in [-0.3, -0.25) is 0 Å². The van der Waals surface area contributed by atoms with Gasteiger partial charge in [-0.15, -0.1) is 0 Å². The Balaban J connectivity index is 2.71. The number of carbonyl (C=O) groups excluding carboxylic acids is 1. The lowest BCUT2D eigenvalue weighted by Crippen LogP contribution is -2.48. The first-order valence-electron chi connectivity index (χ1n) is 6.39. The third-order valence-electron chi connectivity index (χ3n) is 3.82. The van der Waals surface area contributed by atoms with E-state index in [1.807, 2.05) is 26.0 Å². The van der Waals surface area contributed by atoms with Crippen LogP contribution in [0.15, 0.2) is 0 Å². The van der Waals surface area contributed by atoms with Crippen LogP contribution >= 0.6 is 0 Å². The molecule has 3 nitrogen and oxygen atoms in total. The summed E-state index contributed by atoms with van der Waals surface area (Å²) in [4.78, 5) is 15.6. The average Bonchev–Trinajstić information content (AvgIpc) is 2.26. The molecule has 0 saturated heterocycles. The standard InChI is InChI=1S/C13H26N2O/c1-10(2)11-8-6-7-9-12(11)15(5)13(16)14(3)4/h10-12H,6-9H2,1-5H3. The minimum atomic E-state index is 0.137. The molecular formula is C13H26N2O. The van der Waals surface area contributed by atoms with Crippen LogP contribution in [0.4, 0.5) is 4.79 Å². The van der Waals surface area contributed by atoms with Crippen molar-refractivity contribution in [2.24, 2.45) is 11.8 Å². The largest absolute Gasteiger partial charge is 0.331 e. The second-order valence-corrected chi connectivity index (χ2v) is 5.55. The van der Waals surface area contributed by atoms with Crippen molar-refractivity contribution < 1.29 is 4.79 Å². The van der Waals surface area contributed by atoms with Crippen LogP contribution in [-0.2, 0) is 0 Å². The Bertz CT molecular complexity index is 238. The SMILES string of the molecule is CC(C)C1CCCCC1N(C)C(=O)N(C)C. The Morgan fingerprint density at radius 1 is 1.12 bits per heavy atom. The summed E-state index contributed by atoms with van der Waals surface area (Å²) >= 11 is 0. The summed E-state index contributed by atoms with van der Waals surface area (Å²) in [5.74, 6) is 1.34. The van der Waals surface area contributed by atoms with E-state index in [0.29, 0.717) is 17.9 Å². The zero-order chi connectivity index (χ0) is 12.3. The molecule has 2 amide bonds. The maximum atomic E-state index is 12.0. The van der Waals surface area contributed by atoms with Gasteiger partial charge < -0.3 is 9.80 Å². The molecule has 16 heavy (non-hydrogen) atoms. The summed E-state index contributed by atoms with van der Waals surface area (Å²) in [6.07, 6.45) is 5.02. The highest BCUT2D eigenvalue weighted by Crippen LogP contribution is 2.33. The van der Waals surface area contributed by atoms with E-state index in [-0.39, 0.29) is 6.03 Å². The van der Waals surface area contributed by atoms with E-state index in [2.05, 4.69) is 13.8 Å². The molecule has 1 fully saturated rings. The number of nitrogens with zero attached hydrogens (tertiary/aromatic N) is 2. The molecule has 0 bridgehead atoms. The van der Waals surface area contributed by atoms with Crippen molar-refractivity contribution >= 4 is 6.03 Å². The first-order valence-corrected chi connectivity index (χ1v) is 6.39. The van der Waals surface area contributed by atoms with Gasteiger partial charge >= 0.3 is 6.03 Å². The Hall–Kier alpha value is -0.730. The Morgan fingerprint density at radius 3 is 2.19 bits per heavy atom. The van der Waals surface area contributed by atoms with Gasteiger partial charge in [0.15, 0.2) is 0 Å². The third kappa shape index (κ3) is 2.89. The van der Waals surface area contributed by atoms with E-state index < -0.39 is 0 Å². The van der Waals surface area contributed by atoms with E-state index in [9.17, 15) is 4.79 Å². The molecule has 2 unspecified atom stereocenters. The van der Waals surface area contributed by atoms with Crippen LogP contribution in [-0.4, -0.2) is 43.0 Å². The fourth-order valence-electron chi connectivity index (χ4n) is 2.86. The number of carbonyl (C=O) groups is 1. The summed E-state index contributed by atoms with van der Waals surface area (Å²) in [6, 6.07) is 0.571. The van der Waals surface area contributed by atoms with Crippen LogP contribution in [0, 0.1) is 11.8 Å². The smallest absolute Gasteiger partial charge is 0.319 e. The van der Waals surface area contributed by atoms with Crippen molar-refractivity contribution in [3.05, 3.63) is 0 Å². The van der Waals surface area contributed by atoms with Crippen LogP contribution < -0.4 is 0 Å². The molecular weight excluding hydrogens is 200 g/mol. The second-order valence-electron chi connectivity index (χ2n) is 5.55. The summed E-state index contributed by atoms with van der Waals surface area (Å²) in [5, 5.41) is 0. The Labute approximate surface area is 99.8 Å². The molecule has 1 saturated carbocycles. The molecule has 0 spiro atoms. The van der Waals surface area contributed by atoms with Crippen LogP contribution in [0.3, 0.4) is 0 Å². The molecule has 0 aromatic rings. The molecule has 0 radical (unpaired) electrons. The zero-order valence-electron chi connectivity index (χ0n) is 11.4. The first-order chi connectivity index (χ1) is 7.45. The molecule has 0 aromatic carbocycles. The molecule has 0 N–H and O–H groups in total. The van der Waals surface area contributed by atoms with Gasteiger partial charge in [-0.1, -0.05) is 26.7 Å².